The van der Waals surface area contributed by atoms with E-state index in [2.05, 4.69) is 10.1 Å². The molecule has 2 aliphatic rings. The van der Waals surface area contributed by atoms with Crippen LogP contribution in [0.25, 0.3) is 17.4 Å². The van der Waals surface area contributed by atoms with Gasteiger partial charge in [-0.15, -0.1) is 0 Å². The number of furan rings is 1. The fourth-order valence-electron chi connectivity index (χ4n) is 3.30. The van der Waals surface area contributed by atoms with Crippen LogP contribution in [0.1, 0.15) is 5.76 Å². The van der Waals surface area contributed by atoms with Gasteiger partial charge in [-0.25, -0.2) is 0 Å². The molecule has 8 nitrogen and oxygen atoms in total. The fraction of sp³-hybridized carbons (Fsp3) is 0.0833. The number of methoxy groups -OCH3 is 1. The summed E-state index contributed by atoms with van der Waals surface area (Å²) in [6.07, 6.45) is 1.48. The van der Waals surface area contributed by atoms with Gasteiger partial charge in [0.1, 0.15) is 34.7 Å². The fourth-order valence-corrected chi connectivity index (χ4v) is 4.36. The molecule has 1 amide bonds. The maximum absolute atomic E-state index is 12.6. The van der Waals surface area contributed by atoms with E-state index >= 15 is 0 Å². The minimum atomic E-state index is -0.533. The maximum Gasteiger partial charge on any atom is 0.283 e. The molecule has 2 aliphatic heterocycles. The number of aliphatic imine (C=N–C) groups is 1. The van der Waals surface area contributed by atoms with Crippen LogP contribution < -0.4 is 9.47 Å². The number of carbonyl (C=O) groups is 1. The van der Waals surface area contributed by atoms with Crippen LogP contribution in [0.2, 0.25) is 5.02 Å². The number of ether oxygens (including phenoxy) is 2. The van der Waals surface area contributed by atoms with Crippen LogP contribution in [0.5, 0.6) is 11.5 Å². The van der Waals surface area contributed by atoms with Crippen molar-refractivity contribution in [2.24, 2.45) is 10.1 Å². The van der Waals surface area contributed by atoms with Crippen molar-refractivity contribution in [3.8, 4) is 22.8 Å². The Kier molecular flexibility index (Phi) is 5.95. The van der Waals surface area contributed by atoms with E-state index in [0.29, 0.717) is 38.3 Å². The van der Waals surface area contributed by atoms with E-state index in [4.69, 9.17) is 30.9 Å². The number of benzene rings is 2. The van der Waals surface area contributed by atoms with E-state index in [9.17, 15) is 4.79 Å². The third-order valence-electron chi connectivity index (χ3n) is 4.95. The van der Waals surface area contributed by atoms with Gasteiger partial charge in [-0.2, -0.15) is 15.1 Å². The molecule has 0 aliphatic carbocycles. The van der Waals surface area contributed by atoms with Crippen LogP contribution in [-0.2, 0) is 4.79 Å². The van der Waals surface area contributed by atoms with Crippen LogP contribution in [0.4, 0.5) is 0 Å². The minimum absolute atomic E-state index is 0.0759. The number of amidine groups is 2. The molecule has 2 aromatic carbocycles. The summed E-state index contributed by atoms with van der Waals surface area (Å²) >= 11 is 7.41. The van der Waals surface area contributed by atoms with Crippen molar-refractivity contribution in [3.05, 3.63) is 77.0 Å². The number of para-hydroxylation sites is 1. The Hall–Kier alpha value is -3.82. The first-order valence-electron chi connectivity index (χ1n) is 10.1. The average molecular weight is 493 g/mol. The molecule has 0 saturated carbocycles. The number of amides is 1. The second-order valence-electron chi connectivity index (χ2n) is 7.17. The van der Waals surface area contributed by atoms with Gasteiger partial charge in [-0.05, 0) is 60.3 Å². The van der Waals surface area contributed by atoms with E-state index in [0.717, 1.165) is 5.56 Å². The van der Waals surface area contributed by atoms with Crippen LogP contribution in [0.3, 0.4) is 0 Å². The molecule has 0 spiro atoms. The van der Waals surface area contributed by atoms with Gasteiger partial charge in [0.15, 0.2) is 5.84 Å². The number of carbonyl (C=O) groups excluding carboxylic acids is 1. The number of halogens is 1. The number of hydrogen-bond acceptors (Lipinski definition) is 7. The lowest BCUT2D eigenvalue weighted by molar-refractivity contribution is -0.114. The molecule has 0 atom stereocenters. The van der Waals surface area contributed by atoms with Crippen molar-refractivity contribution in [3.63, 3.8) is 0 Å². The summed E-state index contributed by atoms with van der Waals surface area (Å²) in [4.78, 5) is 16.7. The SMILES string of the molecule is COc1ccc(-c2ccc(/C=C3/C(=N)N4N=C(COc5ccccc5)SC4=NC3=O)o2)cc1Cl. The first kappa shape index (κ1) is 22.0. The van der Waals surface area contributed by atoms with Crippen molar-refractivity contribution in [1.82, 2.24) is 5.01 Å². The molecule has 1 N–H and O–H groups in total. The highest BCUT2D eigenvalue weighted by Crippen LogP contribution is 2.32. The van der Waals surface area contributed by atoms with E-state index in [1.807, 2.05) is 36.4 Å². The Morgan fingerprint density at radius 1 is 1.18 bits per heavy atom. The molecule has 0 bridgehead atoms. The van der Waals surface area contributed by atoms with Gasteiger partial charge >= 0.3 is 0 Å². The second kappa shape index (κ2) is 9.20. The zero-order valence-electron chi connectivity index (χ0n) is 17.8. The summed E-state index contributed by atoms with van der Waals surface area (Å²) < 4.78 is 16.8. The van der Waals surface area contributed by atoms with Crippen molar-refractivity contribution in [1.29, 1.82) is 5.41 Å². The average Bonchev–Trinajstić information content (AvgIpc) is 3.48. The molecule has 5 rings (SSSR count). The lowest BCUT2D eigenvalue weighted by atomic mass is 10.1. The molecule has 170 valence electrons. The van der Waals surface area contributed by atoms with Gasteiger partial charge in [-0.3, -0.25) is 10.2 Å². The number of hydrazone groups is 1. The summed E-state index contributed by atoms with van der Waals surface area (Å²) in [6.45, 7) is 0.205. The molecule has 10 heteroatoms. The maximum atomic E-state index is 12.6. The zero-order valence-corrected chi connectivity index (χ0v) is 19.4. The third kappa shape index (κ3) is 4.35. The predicted molar refractivity (Wildman–Crippen MR) is 133 cm³/mol. The summed E-state index contributed by atoms with van der Waals surface area (Å²) in [5, 5.41) is 15.6. The molecular formula is C24H17ClN4O4S. The van der Waals surface area contributed by atoms with E-state index in [1.165, 1.54) is 22.8 Å². The quantitative estimate of drug-likeness (QED) is 0.468. The van der Waals surface area contributed by atoms with Gasteiger partial charge in [0, 0.05) is 5.56 Å². The third-order valence-corrected chi connectivity index (χ3v) is 6.13. The normalized spacial score (nSPS) is 16.4. The van der Waals surface area contributed by atoms with Crippen molar-refractivity contribution in [2.75, 3.05) is 13.7 Å². The Balaban J connectivity index is 1.34. The second-order valence-corrected chi connectivity index (χ2v) is 8.61. The molecule has 3 aromatic rings. The summed E-state index contributed by atoms with van der Waals surface area (Å²) in [6, 6.07) is 18.1. The van der Waals surface area contributed by atoms with Crippen LogP contribution in [0, 0.1) is 5.41 Å². The predicted octanol–water partition coefficient (Wildman–Crippen LogP) is 5.31. The van der Waals surface area contributed by atoms with Crippen molar-refractivity contribution < 1.29 is 18.7 Å². The molecule has 0 radical (unpaired) electrons. The lowest BCUT2D eigenvalue weighted by Gasteiger charge is -2.19. The van der Waals surface area contributed by atoms with Crippen LogP contribution in [0.15, 0.2) is 80.7 Å². The molecule has 0 saturated heterocycles. The number of nitrogens with one attached hydrogen (secondary N) is 1. The van der Waals surface area contributed by atoms with E-state index < -0.39 is 5.91 Å². The molecule has 3 heterocycles. The molecular weight excluding hydrogens is 476 g/mol. The number of nitrogens with zero attached hydrogens (tertiary/aromatic N) is 3. The number of thioether (sulfide) groups is 1. The van der Waals surface area contributed by atoms with Crippen molar-refractivity contribution in [2.45, 2.75) is 0 Å². The molecule has 0 unspecified atom stereocenters. The molecule has 0 fully saturated rings. The zero-order chi connectivity index (χ0) is 23.7. The lowest BCUT2D eigenvalue weighted by Crippen LogP contribution is -2.35. The highest BCUT2D eigenvalue weighted by Gasteiger charge is 2.36. The Morgan fingerprint density at radius 2 is 2.00 bits per heavy atom. The first-order valence-corrected chi connectivity index (χ1v) is 11.3. The Morgan fingerprint density at radius 3 is 2.76 bits per heavy atom. The van der Waals surface area contributed by atoms with Crippen molar-refractivity contribution >= 4 is 51.4 Å². The largest absolute Gasteiger partial charge is 0.495 e. The highest BCUT2D eigenvalue weighted by atomic mass is 35.5. The molecule has 1 aromatic heterocycles. The smallest absolute Gasteiger partial charge is 0.283 e. The van der Waals surface area contributed by atoms with Gasteiger partial charge in [0.2, 0.25) is 5.17 Å². The van der Waals surface area contributed by atoms with Gasteiger partial charge in [0.05, 0.1) is 17.7 Å². The molecule has 34 heavy (non-hydrogen) atoms. The number of hydrogen-bond donors (Lipinski definition) is 1. The Bertz CT molecular complexity index is 1380. The monoisotopic (exact) mass is 492 g/mol. The van der Waals surface area contributed by atoms with Gasteiger partial charge < -0.3 is 13.9 Å². The summed E-state index contributed by atoms with van der Waals surface area (Å²) in [7, 11) is 1.55. The van der Waals surface area contributed by atoms with E-state index in [1.54, 1.807) is 31.4 Å². The summed E-state index contributed by atoms with van der Waals surface area (Å²) in [5.41, 5.74) is 0.830. The van der Waals surface area contributed by atoms with Crippen LogP contribution >= 0.6 is 23.4 Å². The first-order chi connectivity index (χ1) is 16.5. The Labute approximate surface area is 204 Å². The highest BCUT2D eigenvalue weighted by molar-refractivity contribution is 8.27. The van der Waals surface area contributed by atoms with Gasteiger partial charge in [-0.1, -0.05) is 29.8 Å². The van der Waals surface area contributed by atoms with Gasteiger partial charge in [0.25, 0.3) is 5.91 Å². The number of fused-ring (bicyclic) bond motifs is 1. The van der Waals surface area contributed by atoms with E-state index in [-0.39, 0.29) is 18.0 Å². The summed E-state index contributed by atoms with van der Waals surface area (Å²) in [5.74, 6) is 1.61. The minimum Gasteiger partial charge on any atom is -0.495 e. The standard InChI is InChI=1S/C24H17ClN4O4S/c1-31-20-9-7-14(11-18(20)25)19-10-8-16(33-19)12-17-22(26)29-24(27-23(17)30)34-21(28-29)13-32-15-5-3-2-4-6-15/h2-12,26H,13H2,1H3/b17-12-,26-22?. The topological polar surface area (TPSA) is 100 Å². The van der Waals surface area contributed by atoms with Crippen LogP contribution in [-0.4, -0.2) is 40.7 Å². The number of rotatable bonds is 6.